The van der Waals surface area contributed by atoms with Crippen molar-refractivity contribution in [2.24, 2.45) is 11.8 Å². The van der Waals surface area contributed by atoms with Gasteiger partial charge in [0.25, 0.3) is 0 Å². The largest absolute Gasteiger partial charge is 0.0530 e. The van der Waals surface area contributed by atoms with Crippen LogP contribution in [0.4, 0.5) is 0 Å². The van der Waals surface area contributed by atoms with E-state index in [1.165, 1.54) is 38.5 Å². The fourth-order valence-electron chi connectivity index (χ4n) is 2.43. The first kappa shape index (κ1) is 5.76. The highest BCUT2D eigenvalue weighted by Gasteiger charge is 2.28. The fourth-order valence-corrected chi connectivity index (χ4v) is 2.43. The lowest BCUT2D eigenvalue weighted by Gasteiger charge is -2.24. The summed E-state index contributed by atoms with van der Waals surface area (Å²) in [5.41, 5.74) is 0. The summed E-state index contributed by atoms with van der Waals surface area (Å²) in [5.74, 6) is 2.22. The molecule has 0 saturated heterocycles. The van der Waals surface area contributed by atoms with Crippen molar-refractivity contribution >= 4 is 0 Å². The van der Waals surface area contributed by atoms with Gasteiger partial charge in [-0.3, -0.25) is 0 Å². The number of hydrogen-bond donors (Lipinski definition) is 0. The minimum absolute atomic E-state index is 1.11. The summed E-state index contributed by atoms with van der Waals surface area (Å²) in [6.45, 7) is 0. The molecule has 2 unspecified atom stereocenters. The van der Waals surface area contributed by atoms with Crippen LogP contribution in [0.5, 0.6) is 0 Å². The summed E-state index contributed by atoms with van der Waals surface area (Å²) >= 11 is 0. The topological polar surface area (TPSA) is 0 Å². The molecule has 0 aromatic carbocycles. The van der Waals surface area contributed by atoms with Crippen LogP contribution >= 0.6 is 0 Å². The molecule has 0 N–H and O–H groups in total. The van der Waals surface area contributed by atoms with Crippen molar-refractivity contribution in [3.63, 3.8) is 0 Å². The Morgan fingerprint density at radius 3 is 2.00 bits per heavy atom. The highest BCUT2D eigenvalue weighted by molar-refractivity contribution is 4.89. The van der Waals surface area contributed by atoms with E-state index in [2.05, 4.69) is 6.42 Å². The van der Waals surface area contributed by atoms with Crippen LogP contribution in [-0.2, 0) is 0 Å². The first-order valence-corrected chi connectivity index (χ1v) is 4.28. The molecule has 0 aliphatic heterocycles. The van der Waals surface area contributed by atoms with Crippen molar-refractivity contribution in [3.05, 3.63) is 6.42 Å². The molecule has 0 aromatic heterocycles. The van der Waals surface area contributed by atoms with Crippen LogP contribution in [0.1, 0.15) is 38.5 Å². The molecular weight excluding hydrogens is 108 g/mol. The van der Waals surface area contributed by atoms with Crippen LogP contribution in [0.25, 0.3) is 0 Å². The second-order valence-electron chi connectivity index (χ2n) is 3.56. The Labute approximate surface area is 57.6 Å². The van der Waals surface area contributed by atoms with E-state index in [0.29, 0.717) is 0 Å². The van der Waals surface area contributed by atoms with Crippen molar-refractivity contribution in [2.75, 3.05) is 0 Å². The third kappa shape index (κ3) is 0.997. The molecule has 2 fully saturated rings. The quantitative estimate of drug-likeness (QED) is 0.464. The Bertz CT molecular complexity index is 84.2. The lowest BCUT2D eigenvalue weighted by atomic mass is 9.82. The van der Waals surface area contributed by atoms with Gasteiger partial charge in [0.1, 0.15) is 0 Å². The van der Waals surface area contributed by atoms with E-state index < -0.39 is 0 Å². The average Bonchev–Trinajstić information content (AvgIpc) is 2.33. The molecule has 0 heteroatoms. The van der Waals surface area contributed by atoms with Gasteiger partial charge in [0.05, 0.1) is 0 Å². The van der Waals surface area contributed by atoms with E-state index >= 15 is 0 Å². The molecule has 0 spiro atoms. The standard InChI is InChI=1S/C9H15/c1-2-5-9-7-3-6-8(9)4-1/h3,8-9H,1-2,4-7H2. The molecule has 0 nitrogen and oxygen atoms in total. The number of rotatable bonds is 0. The molecule has 2 saturated carbocycles. The van der Waals surface area contributed by atoms with E-state index in [9.17, 15) is 0 Å². The van der Waals surface area contributed by atoms with E-state index in [1.807, 2.05) is 0 Å². The summed E-state index contributed by atoms with van der Waals surface area (Å²) in [4.78, 5) is 0. The zero-order chi connectivity index (χ0) is 6.10. The smallest absolute Gasteiger partial charge is 0.0380 e. The average molecular weight is 123 g/mol. The minimum Gasteiger partial charge on any atom is -0.0530 e. The number of fused-ring (bicyclic) bond motifs is 1. The highest BCUT2D eigenvalue weighted by atomic mass is 14.3. The van der Waals surface area contributed by atoms with Crippen molar-refractivity contribution in [3.8, 4) is 0 Å². The molecule has 0 bridgehead atoms. The van der Waals surface area contributed by atoms with Crippen LogP contribution in [0, 0.1) is 18.3 Å². The maximum absolute atomic E-state index is 2.50. The molecule has 2 aliphatic carbocycles. The molecule has 51 valence electrons. The first-order valence-electron chi connectivity index (χ1n) is 4.28. The normalized spacial score (nSPS) is 42.7. The van der Waals surface area contributed by atoms with Gasteiger partial charge in [-0.2, -0.15) is 0 Å². The van der Waals surface area contributed by atoms with Crippen LogP contribution in [0.15, 0.2) is 0 Å². The second kappa shape index (κ2) is 2.32. The minimum atomic E-state index is 1.11. The van der Waals surface area contributed by atoms with Crippen molar-refractivity contribution < 1.29 is 0 Å². The van der Waals surface area contributed by atoms with Crippen LogP contribution in [-0.4, -0.2) is 0 Å². The Morgan fingerprint density at radius 1 is 0.889 bits per heavy atom. The van der Waals surface area contributed by atoms with E-state index in [0.717, 1.165) is 11.8 Å². The Balaban J connectivity index is 1.97. The maximum atomic E-state index is 2.50. The van der Waals surface area contributed by atoms with Crippen molar-refractivity contribution in [1.82, 2.24) is 0 Å². The van der Waals surface area contributed by atoms with Gasteiger partial charge in [0, 0.05) is 0 Å². The second-order valence-corrected chi connectivity index (χ2v) is 3.56. The Hall–Kier alpha value is 0. The molecule has 1 radical (unpaired) electrons. The van der Waals surface area contributed by atoms with Gasteiger partial charge in [0.15, 0.2) is 0 Å². The van der Waals surface area contributed by atoms with Crippen molar-refractivity contribution in [1.29, 1.82) is 0 Å². The summed E-state index contributed by atoms with van der Waals surface area (Å²) in [5, 5.41) is 0. The third-order valence-corrected chi connectivity index (χ3v) is 3.01. The molecule has 2 aliphatic rings. The van der Waals surface area contributed by atoms with Gasteiger partial charge in [0.2, 0.25) is 0 Å². The van der Waals surface area contributed by atoms with Crippen molar-refractivity contribution in [2.45, 2.75) is 38.5 Å². The molecular formula is C9H15. The van der Waals surface area contributed by atoms with Crippen LogP contribution in [0.3, 0.4) is 0 Å². The summed E-state index contributed by atoms with van der Waals surface area (Å²) in [7, 11) is 0. The van der Waals surface area contributed by atoms with Gasteiger partial charge in [-0.1, -0.05) is 25.7 Å². The predicted molar refractivity (Wildman–Crippen MR) is 39.0 cm³/mol. The maximum Gasteiger partial charge on any atom is -0.0380 e. The zero-order valence-corrected chi connectivity index (χ0v) is 5.97. The van der Waals surface area contributed by atoms with Crippen LogP contribution in [0.2, 0.25) is 0 Å². The van der Waals surface area contributed by atoms with Gasteiger partial charge >= 0.3 is 0 Å². The van der Waals surface area contributed by atoms with Gasteiger partial charge in [-0.25, -0.2) is 0 Å². The molecule has 9 heavy (non-hydrogen) atoms. The monoisotopic (exact) mass is 123 g/mol. The summed E-state index contributed by atoms with van der Waals surface area (Å²) in [6.07, 6.45) is 11.4. The molecule has 0 heterocycles. The van der Waals surface area contributed by atoms with Gasteiger partial charge in [-0.15, -0.1) is 0 Å². The molecule has 0 aromatic rings. The Morgan fingerprint density at radius 2 is 1.44 bits per heavy atom. The number of hydrogen-bond acceptors (Lipinski definition) is 0. The zero-order valence-electron chi connectivity index (χ0n) is 5.97. The molecule has 2 rings (SSSR count). The molecule has 2 atom stereocenters. The van der Waals surface area contributed by atoms with Gasteiger partial charge < -0.3 is 0 Å². The van der Waals surface area contributed by atoms with E-state index in [1.54, 1.807) is 0 Å². The molecule has 0 amide bonds. The van der Waals surface area contributed by atoms with Crippen LogP contribution < -0.4 is 0 Å². The fraction of sp³-hybridized carbons (Fsp3) is 0.889. The lowest BCUT2D eigenvalue weighted by Crippen LogP contribution is -2.12. The van der Waals surface area contributed by atoms with Gasteiger partial charge in [-0.05, 0) is 31.1 Å². The summed E-state index contributed by atoms with van der Waals surface area (Å²) in [6, 6.07) is 0. The lowest BCUT2D eigenvalue weighted by molar-refractivity contribution is 0.277. The first-order chi connectivity index (χ1) is 4.47. The van der Waals surface area contributed by atoms with E-state index in [4.69, 9.17) is 0 Å². The highest BCUT2D eigenvalue weighted by Crippen LogP contribution is 2.41. The van der Waals surface area contributed by atoms with E-state index in [-0.39, 0.29) is 0 Å². The third-order valence-electron chi connectivity index (χ3n) is 3.01. The summed E-state index contributed by atoms with van der Waals surface area (Å²) < 4.78 is 0. The Kier molecular flexibility index (Phi) is 1.48. The predicted octanol–water partition coefficient (Wildman–Crippen LogP) is 2.79. The SMILES string of the molecule is [CH]1CC2CCCCC2C1.